The predicted molar refractivity (Wildman–Crippen MR) is 75.7 cm³/mol. The maximum Gasteiger partial charge on any atom is 0.311 e. The van der Waals surface area contributed by atoms with Gasteiger partial charge in [-0.3, -0.25) is 4.79 Å². The molecule has 0 spiro atoms. The third-order valence-electron chi connectivity index (χ3n) is 4.05. The van der Waals surface area contributed by atoms with E-state index < -0.39 is 11.4 Å². The average Bonchev–Trinajstić information content (AvgIpc) is 2.96. The molecule has 0 aliphatic carbocycles. The molecule has 6 heteroatoms. The summed E-state index contributed by atoms with van der Waals surface area (Å²) >= 11 is 1.37. The number of nitrogens with zero attached hydrogens (tertiary/aromatic N) is 3. The number of carboxylic acid groups (broad SMARTS) is 1. The molecule has 19 heavy (non-hydrogen) atoms. The normalized spacial score (nSPS) is 23.6. The SMILES string of the molecule is CC(C)c1nsc(N2CCC(C(=O)O)(C(C)C)C2)n1. The summed E-state index contributed by atoms with van der Waals surface area (Å²) < 4.78 is 4.34. The Labute approximate surface area is 117 Å². The standard InChI is InChI=1S/C13H21N3O2S/c1-8(2)10-14-12(19-15-10)16-6-5-13(7-16,9(3)4)11(17)18/h8-9H,5-7H2,1-4H3,(H,17,18). The van der Waals surface area contributed by atoms with Crippen molar-refractivity contribution in [3.05, 3.63) is 5.82 Å². The molecule has 0 radical (unpaired) electrons. The van der Waals surface area contributed by atoms with Gasteiger partial charge in [-0.2, -0.15) is 4.37 Å². The van der Waals surface area contributed by atoms with Crippen LogP contribution in [-0.2, 0) is 4.79 Å². The molecule has 0 bridgehead atoms. The zero-order valence-corrected chi connectivity index (χ0v) is 12.7. The third kappa shape index (κ3) is 2.45. The summed E-state index contributed by atoms with van der Waals surface area (Å²) in [6.45, 7) is 9.37. The van der Waals surface area contributed by atoms with Gasteiger partial charge in [0.25, 0.3) is 0 Å². The summed E-state index contributed by atoms with van der Waals surface area (Å²) in [7, 11) is 0. The lowest BCUT2D eigenvalue weighted by atomic mass is 9.76. The van der Waals surface area contributed by atoms with Gasteiger partial charge in [0.05, 0.1) is 5.41 Å². The van der Waals surface area contributed by atoms with Crippen molar-refractivity contribution in [3.8, 4) is 0 Å². The van der Waals surface area contributed by atoms with Crippen molar-refractivity contribution in [2.45, 2.75) is 40.0 Å². The number of aromatic nitrogens is 2. The van der Waals surface area contributed by atoms with Crippen LogP contribution in [-0.4, -0.2) is 33.5 Å². The Bertz CT molecular complexity index is 472. The Morgan fingerprint density at radius 1 is 1.42 bits per heavy atom. The van der Waals surface area contributed by atoms with Crippen LogP contribution in [0.1, 0.15) is 45.9 Å². The lowest BCUT2D eigenvalue weighted by Gasteiger charge is -2.28. The van der Waals surface area contributed by atoms with Crippen LogP contribution in [0.15, 0.2) is 0 Å². The first kappa shape index (κ1) is 14.2. The van der Waals surface area contributed by atoms with Crippen molar-refractivity contribution in [1.29, 1.82) is 0 Å². The number of carbonyl (C=O) groups is 1. The second-order valence-electron chi connectivity index (χ2n) is 5.88. The highest BCUT2D eigenvalue weighted by atomic mass is 32.1. The summed E-state index contributed by atoms with van der Waals surface area (Å²) in [5, 5.41) is 10.4. The van der Waals surface area contributed by atoms with E-state index in [4.69, 9.17) is 0 Å². The van der Waals surface area contributed by atoms with E-state index in [1.807, 2.05) is 13.8 Å². The van der Waals surface area contributed by atoms with E-state index in [2.05, 4.69) is 28.1 Å². The average molecular weight is 283 g/mol. The molecule has 2 heterocycles. The molecule has 1 atom stereocenters. The van der Waals surface area contributed by atoms with Gasteiger partial charge in [0.15, 0.2) is 0 Å². The Morgan fingerprint density at radius 3 is 2.53 bits per heavy atom. The zero-order valence-electron chi connectivity index (χ0n) is 11.9. The summed E-state index contributed by atoms with van der Waals surface area (Å²) in [6, 6.07) is 0. The molecular weight excluding hydrogens is 262 g/mol. The Hall–Kier alpha value is -1.17. The largest absolute Gasteiger partial charge is 0.481 e. The van der Waals surface area contributed by atoms with E-state index in [0.717, 1.165) is 17.5 Å². The van der Waals surface area contributed by atoms with Crippen molar-refractivity contribution in [1.82, 2.24) is 9.36 Å². The van der Waals surface area contributed by atoms with Gasteiger partial charge < -0.3 is 10.0 Å². The van der Waals surface area contributed by atoms with Gasteiger partial charge in [-0.1, -0.05) is 27.7 Å². The van der Waals surface area contributed by atoms with Crippen LogP contribution in [0.5, 0.6) is 0 Å². The van der Waals surface area contributed by atoms with Gasteiger partial charge in [-0.15, -0.1) is 0 Å². The minimum absolute atomic E-state index is 0.118. The molecule has 1 unspecified atom stereocenters. The molecule has 1 aliphatic heterocycles. The monoisotopic (exact) mass is 283 g/mol. The van der Waals surface area contributed by atoms with Crippen LogP contribution in [0, 0.1) is 11.3 Å². The summed E-state index contributed by atoms with van der Waals surface area (Å²) in [5.74, 6) is 0.574. The molecule has 0 saturated carbocycles. The van der Waals surface area contributed by atoms with Gasteiger partial charge >= 0.3 is 5.97 Å². The first-order valence-corrected chi connectivity index (χ1v) is 7.46. The van der Waals surface area contributed by atoms with E-state index in [-0.39, 0.29) is 5.92 Å². The molecule has 0 aromatic carbocycles. The molecule has 1 aromatic rings. The van der Waals surface area contributed by atoms with E-state index in [0.29, 0.717) is 18.9 Å². The van der Waals surface area contributed by atoms with Gasteiger partial charge in [-0.05, 0) is 12.3 Å². The highest BCUT2D eigenvalue weighted by Crippen LogP contribution is 2.40. The number of aliphatic carboxylic acids is 1. The molecule has 106 valence electrons. The quantitative estimate of drug-likeness (QED) is 0.920. The van der Waals surface area contributed by atoms with Crippen LogP contribution in [0.25, 0.3) is 0 Å². The lowest BCUT2D eigenvalue weighted by Crippen LogP contribution is -2.39. The van der Waals surface area contributed by atoms with Crippen molar-refractivity contribution in [2.75, 3.05) is 18.0 Å². The molecule has 1 saturated heterocycles. The molecule has 5 nitrogen and oxygen atoms in total. The highest BCUT2D eigenvalue weighted by Gasteiger charge is 2.48. The van der Waals surface area contributed by atoms with Gasteiger partial charge in [-0.25, -0.2) is 4.98 Å². The molecule has 2 rings (SSSR count). The van der Waals surface area contributed by atoms with E-state index in [1.165, 1.54) is 11.5 Å². The van der Waals surface area contributed by atoms with Crippen LogP contribution in [0.4, 0.5) is 5.13 Å². The van der Waals surface area contributed by atoms with Crippen LogP contribution < -0.4 is 4.90 Å². The lowest BCUT2D eigenvalue weighted by molar-refractivity contribution is -0.150. The predicted octanol–water partition coefficient (Wildman–Crippen LogP) is 2.60. The molecular formula is C13H21N3O2S. The third-order valence-corrected chi connectivity index (χ3v) is 4.84. The Kier molecular flexibility index (Phi) is 3.80. The maximum absolute atomic E-state index is 11.6. The van der Waals surface area contributed by atoms with Crippen molar-refractivity contribution in [3.63, 3.8) is 0 Å². The second kappa shape index (κ2) is 5.07. The van der Waals surface area contributed by atoms with Crippen LogP contribution >= 0.6 is 11.5 Å². The molecule has 1 N–H and O–H groups in total. The Morgan fingerprint density at radius 2 is 2.11 bits per heavy atom. The van der Waals surface area contributed by atoms with Gasteiger partial charge in [0.1, 0.15) is 5.82 Å². The maximum atomic E-state index is 11.6. The number of rotatable bonds is 4. The number of carboxylic acids is 1. The first-order chi connectivity index (χ1) is 8.86. The van der Waals surface area contributed by atoms with Crippen LogP contribution in [0.3, 0.4) is 0 Å². The summed E-state index contributed by atoms with van der Waals surface area (Å²) in [5.41, 5.74) is -0.649. The minimum Gasteiger partial charge on any atom is -0.481 e. The van der Waals surface area contributed by atoms with Crippen molar-refractivity contribution in [2.24, 2.45) is 11.3 Å². The Balaban J connectivity index is 2.18. The fourth-order valence-corrected chi connectivity index (χ4v) is 3.31. The van der Waals surface area contributed by atoms with Gasteiger partial charge in [0.2, 0.25) is 5.13 Å². The summed E-state index contributed by atoms with van der Waals surface area (Å²) in [6.07, 6.45) is 0.677. The molecule has 1 aromatic heterocycles. The van der Waals surface area contributed by atoms with E-state index in [1.54, 1.807) is 0 Å². The van der Waals surface area contributed by atoms with E-state index in [9.17, 15) is 9.90 Å². The van der Waals surface area contributed by atoms with Crippen molar-refractivity contribution >= 4 is 22.6 Å². The molecule has 1 aliphatic rings. The number of anilines is 1. The van der Waals surface area contributed by atoms with Crippen molar-refractivity contribution < 1.29 is 9.90 Å². The molecule has 0 amide bonds. The first-order valence-electron chi connectivity index (χ1n) is 6.69. The zero-order chi connectivity index (χ0) is 14.2. The fourth-order valence-electron chi connectivity index (χ4n) is 2.48. The van der Waals surface area contributed by atoms with E-state index >= 15 is 0 Å². The topological polar surface area (TPSA) is 66.3 Å². The number of hydrogen-bond donors (Lipinski definition) is 1. The van der Waals surface area contributed by atoms with Gasteiger partial charge in [0, 0.05) is 30.5 Å². The second-order valence-corrected chi connectivity index (χ2v) is 6.61. The number of hydrogen-bond acceptors (Lipinski definition) is 5. The van der Waals surface area contributed by atoms with Crippen LogP contribution in [0.2, 0.25) is 0 Å². The smallest absolute Gasteiger partial charge is 0.311 e. The minimum atomic E-state index is -0.696. The highest BCUT2D eigenvalue weighted by molar-refractivity contribution is 7.09. The fraction of sp³-hybridized carbons (Fsp3) is 0.769. The summed E-state index contributed by atoms with van der Waals surface area (Å²) in [4.78, 5) is 18.2. The molecule has 1 fully saturated rings.